The first-order valence-electron chi connectivity index (χ1n) is 6.47. The second-order valence-corrected chi connectivity index (χ2v) is 7.08. The summed E-state index contributed by atoms with van der Waals surface area (Å²) >= 11 is 1.85. The van der Waals surface area contributed by atoms with Gasteiger partial charge in [-0.2, -0.15) is 11.8 Å². The zero-order valence-electron chi connectivity index (χ0n) is 11.0. The van der Waals surface area contributed by atoms with Crippen molar-refractivity contribution in [2.24, 2.45) is 0 Å². The van der Waals surface area contributed by atoms with Crippen molar-refractivity contribution in [2.75, 3.05) is 25.5 Å². The van der Waals surface area contributed by atoms with Gasteiger partial charge in [0.15, 0.2) is 5.54 Å². The summed E-state index contributed by atoms with van der Waals surface area (Å²) in [6.07, 6.45) is 2.55. The van der Waals surface area contributed by atoms with Crippen molar-refractivity contribution < 1.29 is 19.4 Å². The van der Waals surface area contributed by atoms with Crippen LogP contribution in [-0.2, 0) is 9.53 Å². The Morgan fingerprint density at radius 3 is 2.74 bits per heavy atom. The molecule has 2 rings (SSSR count). The summed E-state index contributed by atoms with van der Waals surface area (Å²) in [5.74, 6) is 0.0776. The molecule has 2 saturated heterocycles. The molecular weight excluding hydrogens is 268 g/mol. The van der Waals surface area contributed by atoms with Gasteiger partial charge in [-0.1, -0.05) is 0 Å². The lowest BCUT2D eigenvalue weighted by molar-refractivity contribution is -0.144. The SMILES string of the molecule is CC1(CNC(=O)NC2(C(=O)O)CCOC2)CCCS1. The maximum atomic E-state index is 11.9. The third-order valence-corrected chi connectivity index (χ3v) is 5.25. The van der Waals surface area contributed by atoms with Gasteiger partial charge in [-0.3, -0.25) is 0 Å². The monoisotopic (exact) mass is 288 g/mol. The molecule has 0 aliphatic carbocycles. The Morgan fingerprint density at radius 2 is 2.21 bits per heavy atom. The number of thioether (sulfide) groups is 1. The number of ether oxygens (including phenoxy) is 1. The molecular formula is C12H20N2O4S. The van der Waals surface area contributed by atoms with Gasteiger partial charge in [0, 0.05) is 24.3 Å². The maximum Gasteiger partial charge on any atom is 0.332 e. The molecule has 0 aromatic carbocycles. The third-order valence-electron chi connectivity index (χ3n) is 3.71. The molecule has 3 N–H and O–H groups in total. The van der Waals surface area contributed by atoms with Crippen molar-refractivity contribution in [1.82, 2.24) is 10.6 Å². The minimum atomic E-state index is -1.27. The fraction of sp³-hybridized carbons (Fsp3) is 0.833. The van der Waals surface area contributed by atoms with E-state index in [0.29, 0.717) is 19.6 Å². The second kappa shape index (κ2) is 5.58. The van der Waals surface area contributed by atoms with Crippen LogP contribution < -0.4 is 10.6 Å². The third kappa shape index (κ3) is 3.33. The first kappa shape index (κ1) is 14.5. The summed E-state index contributed by atoms with van der Waals surface area (Å²) in [6.45, 7) is 3.07. The lowest BCUT2D eigenvalue weighted by Gasteiger charge is -2.27. The first-order chi connectivity index (χ1) is 8.96. The van der Waals surface area contributed by atoms with Crippen molar-refractivity contribution in [3.63, 3.8) is 0 Å². The van der Waals surface area contributed by atoms with E-state index in [2.05, 4.69) is 17.6 Å². The highest BCUT2D eigenvalue weighted by Crippen LogP contribution is 2.36. The van der Waals surface area contributed by atoms with Crippen LogP contribution >= 0.6 is 11.8 Å². The Morgan fingerprint density at radius 1 is 1.42 bits per heavy atom. The average Bonchev–Trinajstić information content (AvgIpc) is 2.98. The Balaban J connectivity index is 1.85. The van der Waals surface area contributed by atoms with E-state index in [4.69, 9.17) is 4.74 Å². The van der Waals surface area contributed by atoms with Crippen LogP contribution in [-0.4, -0.2) is 52.9 Å². The number of amides is 2. The molecule has 2 amide bonds. The largest absolute Gasteiger partial charge is 0.479 e. The molecule has 7 heteroatoms. The Labute approximate surface area is 116 Å². The number of hydrogen-bond acceptors (Lipinski definition) is 4. The van der Waals surface area contributed by atoms with E-state index in [1.807, 2.05) is 11.8 Å². The van der Waals surface area contributed by atoms with Crippen LogP contribution in [0.4, 0.5) is 4.79 Å². The number of carbonyl (C=O) groups is 2. The zero-order valence-corrected chi connectivity index (χ0v) is 11.8. The van der Waals surface area contributed by atoms with Crippen molar-refractivity contribution in [1.29, 1.82) is 0 Å². The standard InChI is InChI=1S/C12H20N2O4S/c1-11(3-2-6-19-11)7-13-10(17)14-12(9(15)16)4-5-18-8-12/h2-8H2,1H3,(H,15,16)(H2,13,14,17). The Bertz CT molecular complexity index is 363. The number of carbonyl (C=O) groups excluding carboxylic acids is 1. The summed E-state index contributed by atoms with van der Waals surface area (Å²) in [5.41, 5.74) is -1.27. The molecule has 0 bridgehead atoms. The molecule has 108 valence electrons. The van der Waals surface area contributed by atoms with Crippen molar-refractivity contribution in [2.45, 2.75) is 36.5 Å². The number of rotatable bonds is 4. The van der Waals surface area contributed by atoms with Gasteiger partial charge >= 0.3 is 12.0 Å². The highest BCUT2D eigenvalue weighted by Gasteiger charge is 2.44. The molecule has 0 radical (unpaired) electrons. The molecule has 19 heavy (non-hydrogen) atoms. The van der Waals surface area contributed by atoms with Crippen molar-refractivity contribution >= 4 is 23.8 Å². The van der Waals surface area contributed by atoms with Gasteiger partial charge < -0.3 is 20.5 Å². The average molecular weight is 288 g/mol. The number of urea groups is 1. The highest BCUT2D eigenvalue weighted by atomic mass is 32.2. The minimum Gasteiger partial charge on any atom is -0.479 e. The molecule has 6 nitrogen and oxygen atoms in total. The van der Waals surface area contributed by atoms with Crippen LogP contribution in [0.5, 0.6) is 0 Å². The van der Waals surface area contributed by atoms with Crippen LogP contribution in [0, 0.1) is 0 Å². The summed E-state index contributed by atoms with van der Waals surface area (Å²) in [6, 6.07) is -0.429. The summed E-state index contributed by atoms with van der Waals surface area (Å²) < 4.78 is 5.16. The van der Waals surface area contributed by atoms with Crippen molar-refractivity contribution in [3.05, 3.63) is 0 Å². The number of aliphatic carboxylic acids is 1. The molecule has 2 fully saturated rings. The number of nitrogens with one attached hydrogen (secondary N) is 2. The predicted molar refractivity (Wildman–Crippen MR) is 72.4 cm³/mol. The Hall–Kier alpha value is -0.950. The van der Waals surface area contributed by atoms with E-state index in [-0.39, 0.29) is 11.4 Å². The molecule has 2 unspecified atom stereocenters. The minimum absolute atomic E-state index is 0.0295. The quantitative estimate of drug-likeness (QED) is 0.712. The van der Waals surface area contributed by atoms with Gasteiger partial charge in [-0.15, -0.1) is 0 Å². The van der Waals surface area contributed by atoms with Gasteiger partial charge in [0.05, 0.1) is 6.61 Å². The maximum absolute atomic E-state index is 11.9. The second-order valence-electron chi connectivity index (χ2n) is 5.40. The fourth-order valence-corrected chi connectivity index (χ4v) is 3.64. The molecule has 0 saturated carbocycles. The zero-order chi connectivity index (χ0) is 13.9. The van der Waals surface area contributed by atoms with Gasteiger partial charge in [0.25, 0.3) is 0 Å². The lowest BCUT2D eigenvalue weighted by Crippen LogP contribution is -2.58. The van der Waals surface area contributed by atoms with E-state index in [1.54, 1.807) is 0 Å². The molecule has 2 atom stereocenters. The normalized spacial score (nSPS) is 34.2. The van der Waals surface area contributed by atoms with E-state index < -0.39 is 17.5 Å². The first-order valence-corrected chi connectivity index (χ1v) is 7.46. The van der Waals surface area contributed by atoms with E-state index in [0.717, 1.165) is 18.6 Å². The summed E-state index contributed by atoms with van der Waals surface area (Å²) in [5, 5.41) is 14.5. The highest BCUT2D eigenvalue weighted by molar-refractivity contribution is 8.00. The van der Waals surface area contributed by atoms with E-state index >= 15 is 0 Å². The Kier molecular flexibility index (Phi) is 4.25. The van der Waals surface area contributed by atoms with E-state index in [9.17, 15) is 14.7 Å². The van der Waals surface area contributed by atoms with Crippen LogP contribution in [0.2, 0.25) is 0 Å². The van der Waals surface area contributed by atoms with Gasteiger partial charge in [0.2, 0.25) is 0 Å². The smallest absolute Gasteiger partial charge is 0.332 e. The topological polar surface area (TPSA) is 87.7 Å². The van der Waals surface area contributed by atoms with Gasteiger partial charge in [-0.05, 0) is 25.5 Å². The molecule has 0 aromatic heterocycles. The van der Waals surface area contributed by atoms with Crippen molar-refractivity contribution in [3.8, 4) is 0 Å². The summed E-state index contributed by atoms with van der Waals surface area (Å²) in [4.78, 5) is 23.1. The molecule has 2 aliphatic rings. The van der Waals surface area contributed by atoms with E-state index in [1.165, 1.54) is 0 Å². The van der Waals surface area contributed by atoms with Crippen LogP contribution in [0.25, 0.3) is 0 Å². The number of carboxylic acids is 1. The molecule has 0 spiro atoms. The van der Waals surface area contributed by atoms with Gasteiger partial charge in [0.1, 0.15) is 0 Å². The predicted octanol–water partition coefficient (Wildman–Crippen LogP) is 0.815. The van der Waals surface area contributed by atoms with Crippen LogP contribution in [0.1, 0.15) is 26.2 Å². The summed E-state index contributed by atoms with van der Waals surface area (Å²) in [7, 11) is 0. The molecule has 0 aromatic rings. The lowest BCUT2D eigenvalue weighted by atomic mass is 9.99. The molecule has 2 aliphatic heterocycles. The fourth-order valence-electron chi connectivity index (χ4n) is 2.39. The van der Waals surface area contributed by atoms with Crippen LogP contribution in [0.15, 0.2) is 0 Å². The van der Waals surface area contributed by atoms with Crippen LogP contribution in [0.3, 0.4) is 0 Å². The van der Waals surface area contributed by atoms with Gasteiger partial charge in [-0.25, -0.2) is 9.59 Å². The number of carboxylic acid groups (broad SMARTS) is 1. The molecule has 2 heterocycles. The number of hydrogen-bond donors (Lipinski definition) is 3.